The second kappa shape index (κ2) is 7.42. The Labute approximate surface area is 138 Å². The third-order valence-electron chi connectivity index (χ3n) is 4.81. The van der Waals surface area contributed by atoms with E-state index in [-0.39, 0.29) is 5.91 Å². The Morgan fingerprint density at radius 1 is 1.00 bits per heavy atom. The van der Waals surface area contributed by atoms with Crippen molar-refractivity contribution in [2.24, 2.45) is 5.73 Å². The molecule has 3 rings (SSSR count). The topological polar surface area (TPSA) is 46.3 Å². The van der Waals surface area contributed by atoms with Crippen molar-refractivity contribution in [1.29, 1.82) is 0 Å². The van der Waals surface area contributed by atoms with E-state index in [1.54, 1.807) is 0 Å². The van der Waals surface area contributed by atoms with Crippen molar-refractivity contribution in [2.45, 2.75) is 25.2 Å². The van der Waals surface area contributed by atoms with Gasteiger partial charge in [-0.1, -0.05) is 48.5 Å². The largest absolute Gasteiger partial charge is 0.366 e. The minimum absolute atomic E-state index is 0.313. The molecule has 2 aromatic carbocycles. The van der Waals surface area contributed by atoms with Gasteiger partial charge in [0.15, 0.2) is 0 Å². The van der Waals surface area contributed by atoms with Crippen molar-refractivity contribution < 1.29 is 4.79 Å². The maximum absolute atomic E-state index is 11.6. The minimum Gasteiger partial charge on any atom is -0.366 e. The lowest BCUT2D eigenvalue weighted by Gasteiger charge is -2.32. The number of amides is 1. The number of likely N-dealkylation sites (tertiary alicyclic amines) is 1. The third kappa shape index (κ3) is 3.99. The van der Waals surface area contributed by atoms with Crippen molar-refractivity contribution in [3.63, 3.8) is 0 Å². The molecule has 3 heteroatoms. The molecule has 0 unspecified atom stereocenters. The molecule has 0 aliphatic carbocycles. The van der Waals surface area contributed by atoms with Crippen LogP contribution < -0.4 is 5.73 Å². The zero-order valence-corrected chi connectivity index (χ0v) is 13.4. The highest BCUT2D eigenvalue weighted by molar-refractivity contribution is 5.94. The number of hydrogen-bond donors (Lipinski definition) is 1. The number of hydrogen-bond acceptors (Lipinski definition) is 2. The molecule has 0 saturated carbocycles. The first-order chi connectivity index (χ1) is 11.2. The van der Waals surface area contributed by atoms with Gasteiger partial charge in [0.2, 0.25) is 5.91 Å². The maximum atomic E-state index is 11.6. The maximum Gasteiger partial charge on any atom is 0.248 e. The summed E-state index contributed by atoms with van der Waals surface area (Å²) in [5, 5.41) is 0. The van der Waals surface area contributed by atoms with E-state index in [0.29, 0.717) is 11.5 Å². The van der Waals surface area contributed by atoms with Gasteiger partial charge in [-0.05, 0) is 55.5 Å². The van der Waals surface area contributed by atoms with Gasteiger partial charge < -0.3 is 10.6 Å². The first-order valence-corrected chi connectivity index (χ1v) is 8.39. The van der Waals surface area contributed by atoms with E-state index in [4.69, 9.17) is 5.73 Å². The van der Waals surface area contributed by atoms with Gasteiger partial charge in [0.05, 0.1) is 0 Å². The lowest BCUT2D eigenvalue weighted by atomic mass is 9.86. The van der Waals surface area contributed by atoms with Crippen LogP contribution in [-0.4, -0.2) is 30.4 Å². The fraction of sp³-hybridized carbons (Fsp3) is 0.350. The third-order valence-corrected chi connectivity index (χ3v) is 4.81. The molecule has 0 radical (unpaired) electrons. The van der Waals surface area contributed by atoms with Crippen LogP contribution in [0.15, 0.2) is 54.6 Å². The van der Waals surface area contributed by atoms with E-state index in [0.717, 1.165) is 44.5 Å². The number of nitrogens with zero attached hydrogens (tertiary/aromatic N) is 1. The summed E-state index contributed by atoms with van der Waals surface area (Å²) in [5.74, 6) is 0.138. The predicted molar refractivity (Wildman–Crippen MR) is 93.5 cm³/mol. The van der Waals surface area contributed by atoms with Gasteiger partial charge in [-0.15, -0.1) is 0 Å². The molecule has 1 aliphatic rings. The quantitative estimate of drug-likeness (QED) is 0.922. The summed E-state index contributed by atoms with van der Waals surface area (Å²) in [5.41, 5.74) is 8.73. The average Bonchev–Trinajstić information content (AvgIpc) is 2.61. The highest BCUT2D eigenvalue weighted by atomic mass is 16.1. The van der Waals surface area contributed by atoms with E-state index in [1.165, 1.54) is 5.56 Å². The molecule has 23 heavy (non-hydrogen) atoms. The van der Waals surface area contributed by atoms with Crippen molar-refractivity contribution in [3.8, 4) is 0 Å². The molecule has 2 N–H and O–H groups in total. The van der Waals surface area contributed by atoms with E-state index in [1.807, 2.05) is 18.2 Å². The number of rotatable bonds is 5. The molecule has 0 atom stereocenters. The van der Waals surface area contributed by atoms with E-state index in [2.05, 4.69) is 41.3 Å². The number of nitrogens with two attached hydrogens (primary N) is 1. The summed E-state index contributed by atoms with van der Waals surface area (Å²) in [4.78, 5) is 14.1. The first-order valence-electron chi connectivity index (χ1n) is 8.39. The Morgan fingerprint density at radius 2 is 1.65 bits per heavy atom. The van der Waals surface area contributed by atoms with Crippen LogP contribution in [0.25, 0.3) is 0 Å². The van der Waals surface area contributed by atoms with Crippen LogP contribution in [0.1, 0.15) is 40.2 Å². The molecule has 0 aromatic heterocycles. The Hall–Kier alpha value is -2.13. The molecule has 3 nitrogen and oxygen atoms in total. The molecule has 1 fully saturated rings. The fourth-order valence-corrected chi connectivity index (χ4v) is 3.48. The molecule has 0 spiro atoms. The molecule has 1 heterocycles. The Kier molecular flexibility index (Phi) is 5.09. The monoisotopic (exact) mass is 308 g/mol. The predicted octanol–water partition coefficient (Wildman–Crippen LogP) is 3.21. The Bertz CT molecular complexity index is 646. The molecule has 1 saturated heterocycles. The fourth-order valence-electron chi connectivity index (χ4n) is 3.48. The SMILES string of the molecule is NC(=O)c1ccccc1C1CCN(CCc2ccccc2)CC1. The highest BCUT2D eigenvalue weighted by Gasteiger charge is 2.23. The molecule has 0 bridgehead atoms. The summed E-state index contributed by atoms with van der Waals surface area (Å²) in [7, 11) is 0. The van der Waals surface area contributed by atoms with Crippen LogP contribution in [0.2, 0.25) is 0 Å². The van der Waals surface area contributed by atoms with Gasteiger partial charge in [0, 0.05) is 12.1 Å². The highest BCUT2D eigenvalue weighted by Crippen LogP contribution is 2.30. The van der Waals surface area contributed by atoms with E-state index >= 15 is 0 Å². The molecule has 2 aromatic rings. The smallest absolute Gasteiger partial charge is 0.248 e. The summed E-state index contributed by atoms with van der Waals surface area (Å²) in [6.45, 7) is 3.28. The first kappa shape index (κ1) is 15.8. The van der Waals surface area contributed by atoms with Gasteiger partial charge in [-0.2, -0.15) is 0 Å². The van der Waals surface area contributed by atoms with Crippen LogP contribution in [0, 0.1) is 0 Å². The molecular formula is C20H24N2O. The zero-order valence-electron chi connectivity index (χ0n) is 13.4. The van der Waals surface area contributed by atoms with Crippen LogP contribution in [-0.2, 0) is 6.42 Å². The number of carbonyl (C=O) groups is 1. The molecule has 1 amide bonds. The summed E-state index contributed by atoms with van der Waals surface area (Å²) in [6, 6.07) is 18.4. The van der Waals surface area contributed by atoms with Gasteiger partial charge in [0.25, 0.3) is 0 Å². The van der Waals surface area contributed by atoms with Crippen molar-refractivity contribution >= 4 is 5.91 Å². The van der Waals surface area contributed by atoms with E-state index < -0.39 is 0 Å². The Morgan fingerprint density at radius 3 is 2.35 bits per heavy atom. The standard InChI is InChI=1S/C20H24N2O/c21-20(23)19-9-5-4-8-18(19)17-11-14-22(15-12-17)13-10-16-6-2-1-3-7-16/h1-9,17H,10-15H2,(H2,21,23). The van der Waals surface area contributed by atoms with Crippen molar-refractivity contribution in [1.82, 2.24) is 4.90 Å². The average molecular weight is 308 g/mol. The van der Waals surface area contributed by atoms with Gasteiger partial charge in [0.1, 0.15) is 0 Å². The molecular weight excluding hydrogens is 284 g/mol. The van der Waals surface area contributed by atoms with Gasteiger partial charge in [-0.3, -0.25) is 4.79 Å². The van der Waals surface area contributed by atoms with Crippen LogP contribution >= 0.6 is 0 Å². The normalized spacial score (nSPS) is 16.3. The molecule has 120 valence electrons. The van der Waals surface area contributed by atoms with Crippen molar-refractivity contribution in [3.05, 3.63) is 71.3 Å². The second-order valence-corrected chi connectivity index (χ2v) is 6.30. The van der Waals surface area contributed by atoms with Crippen LogP contribution in [0.5, 0.6) is 0 Å². The zero-order chi connectivity index (χ0) is 16.1. The second-order valence-electron chi connectivity index (χ2n) is 6.30. The van der Waals surface area contributed by atoms with Crippen LogP contribution in [0.3, 0.4) is 0 Å². The summed E-state index contributed by atoms with van der Waals surface area (Å²) >= 11 is 0. The lowest BCUT2D eigenvalue weighted by Crippen LogP contribution is -2.35. The Balaban J connectivity index is 1.55. The minimum atomic E-state index is -0.313. The van der Waals surface area contributed by atoms with Crippen molar-refractivity contribution in [2.75, 3.05) is 19.6 Å². The number of benzene rings is 2. The lowest BCUT2D eigenvalue weighted by molar-refractivity contribution is 0.0998. The number of piperidine rings is 1. The number of primary amides is 1. The van der Waals surface area contributed by atoms with Crippen LogP contribution in [0.4, 0.5) is 0 Å². The van der Waals surface area contributed by atoms with Gasteiger partial charge >= 0.3 is 0 Å². The molecule has 1 aliphatic heterocycles. The summed E-state index contributed by atoms with van der Waals surface area (Å²) < 4.78 is 0. The van der Waals surface area contributed by atoms with E-state index in [9.17, 15) is 4.79 Å². The number of carbonyl (C=O) groups excluding carboxylic acids is 1. The summed E-state index contributed by atoms with van der Waals surface area (Å²) in [6.07, 6.45) is 3.29. The van der Waals surface area contributed by atoms with Gasteiger partial charge in [-0.25, -0.2) is 0 Å².